The number of carboxylic acid groups (broad SMARTS) is 1. The highest BCUT2D eigenvalue weighted by atomic mass is 79.9. The van der Waals surface area contributed by atoms with Crippen molar-refractivity contribution in [3.8, 4) is 0 Å². The van der Waals surface area contributed by atoms with Gasteiger partial charge in [0.1, 0.15) is 0 Å². The van der Waals surface area contributed by atoms with Gasteiger partial charge in [0, 0.05) is 17.4 Å². The topological polar surface area (TPSA) is 101 Å². The summed E-state index contributed by atoms with van der Waals surface area (Å²) in [5, 5.41) is 8.96. The van der Waals surface area contributed by atoms with Crippen LogP contribution in [-0.2, 0) is 9.59 Å². The van der Waals surface area contributed by atoms with E-state index in [9.17, 15) is 14.4 Å². The van der Waals surface area contributed by atoms with E-state index in [2.05, 4.69) is 15.9 Å². The molecule has 1 atom stereocenters. The number of aromatic carboxylic acids is 1. The van der Waals surface area contributed by atoms with Crippen molar-refractivity contribution in [2.45, 2.75) is 6.42 Å². The second kappa shape index (κ2) is 5.00. The molecule has 1 unspecified atom stereocenters. The predicted molar refractivity (Wildman–Crippen MR) is 70.8 cm³/mol. The molecule has 19 heavy (non-hydrogen) atoms. The van der Waals surface area contributed by atoms with Crippen molar-refractivity contribution in [1.29, 1.82) is 0 Å². The van der Waals surface area contributed by atoms with Crippen LogP contribution < -0.4 is 10.6 Å². The third-order valence-electron chi connectivity index (χ3n) is 3.01. The number of anilines is 1. The fourth-order valence-corrected chi connectivity index (χ4v) is 2.44. The number of carbonyl (C=O) groups excluding carboxylic acids is 2. The molecule has 1 saturated heterocycles. The number of amides is 2. The normalized spacial score (nSPS) is 18.7. The quantitative estimate of drug-likeness (QED) is 0.864. The van der Waals surface area contributed by atoms with Crippen molar-refractivity contribution in [2.75, 3.05) is 11.4 Å². The average Bonchev–Trinajstić information content (AvgIpc) is 2.72. The lowest BCUT2D eigenvalue weighted by Crippen LogP contribution is -2.28. The second-order valence-electron chi connectivity index (χ2n) is 4.28. The fourth-order valence-electron chi connectivity index (χ4n) is 1.98. The summed E-state index contributed by atoms with van der Waals surface area (Å²) in [6.07, 6.45) is 0.0546. The number of nitrogens with two attached hydrogens (primary N) is 1. The van der Waals surface area contributed by atoms with Crippen LogP contribution in [0.15, 0.2) is 22.7 Å². The SMILES string of the molecule is NC(=O)C1CC(=O)N(c2cc(C(=O)O)ccc2Br)C1. The summed E-state index contributed by atoms with van der Waals surface area (Å²) < 4.78 is 0.593. The van der Waals surface area contributed by atoms with Gasteiger partial charge in [0.25, 0.3) is 0 Å². The van der Waals surface area contributed by atoms with Crippen molar-refractivity contribution in [2.24, 2.45) is 11.7 Å². The van der Waals surface area contributed by atoms with E-state index in [1.165, 1.54) is 17.0 Å². The van der Waals surface area contributed by atoms with E-state index in [1.807, 2.05) is 0 Å². The number of primary amides is 1. The highest BCUT2D eigenvalue weighted by Gasteiger charge is 2.34. The molecule has 0 spiro atoms. The minimum Gasteiger partial charge on any atom is -0.478 e. The number of hydrogen-bond donors (Lipinski definition) is 2. The molecule has 1 aliphatic rings. The molecule has 2 rings (SSSR count). The Labute approximate surface area is 117 Å². The smallest absolute Gasteiger partial charge is 0.335 e. The zero-order chi connectivity index (χ0) is 14.2. The van der Waals surface area contributed by atoms with E-state index in [-0.39, 0.29) is 24.4 Å². The highest BCUT2D eigenvalue weighted by Crippen LogP contribution is 2.32. The van der Waals surface area contributed by atoms with Crippen LogP contribution in [0.2, 0.25) is 0 Å². The largest absolute Gasteiger partial charge is 0.478 e. The van der Waals surface area contributed by atoms with Crippen LogP contribution >= 0.6 is 15.9 Å². The molecule has 0 aliphatic carbocycles. The summed E-state index contributed by atoms with van der Waals surface area (Å²) in [5.74, 6) is -2.38. The molecule has 0 radical (unpaired) electrons. The molecular formula is C12H11BrN2O4. The molecule has 0 saturated carbocycles. The van der Waals surface area contributed by atoms with Gasteiger partial charge in [-0.2, -0.15) is 0 Å². The van der Waals surface area contributed by atoms with Gasteiger partial charge in [-0.05, 0) is 34.1 Å². The van der Waals surface area contributed by atoms with Crippen molar-refractivity contribution in [3.05, 3.63) is 28.2 Å². The first-order valence-electron chi connectivity index (χ1n) is 5.52. The van der Waals surface area contributed by atoms with Gasteiger partial charge in [-0.3, -0.25) is 9.59 Å². The number of carbonyl (C=O) groups is 3. The van der Waals surface area contributed by atoms with Crippen molar-refractivity contribution < 1.29 is 19.5 Å². The van der Waals surface area contributed by atoms with Crippen LogP contribution in [-0.4, -0.2) is 29.4 Å². The van der Waals surface area contributed by atoms with Crippen LogP contribution in [0.1, 0.15) is 16.8 Å². The summed E-state index contributed by atoms with van der Waals surface area (Å²) in [7, 11) is 0. The van der Waals surface area contributed by atoms with Gasteiger partial charge in [0.15, 0.2) is 0 Å². The lowest BCUT2D eigenvalue weighted by atomic mass is 10.1. The lowest BCUT2D eigenvalue weighted by Gasteiger charge is -2.18. The Morgan fingerprint density at radius 1 is 1.42 bits per heavy atom. The Balaban J connectivity index is 2.36. The number of rotatable bonds is 3. The lowest BCUT2D eigenvalue weighted by molar-refractivity contribution is -0.123. The summed E-state index contributed by atoms with van der Waals surface area (Å²) in [4.78, 5) is 35.3. The third kappa shape index (κ3) is 2.60. The molecule has 1 heterocycles. The minimum absolute atomic E-state index is 0.0546. The predicted octanol–water partition coefficient (Wildman–Crippen LogP) is 0.985. The number of halogens is 1. The first-order chi connectivity index (χ1) is 8.90. The maximum Gasteiger partial charge on any atom is 0.335 e. The fraction of sp³-hybridized carbons (Fsp3) is 0.250. The van der Waals surface area contributed by atoms with E-state index < -0.39 is 17.8 Å². The van der Waals surface area contributed by atoms with Crippen LogP contribution in [0.3, 0.4) is 0 Å². The Kier molecular flexibility index (Phi) is 3.57. The number of hydrogen-bond acceptors (Lipinski definition) is 3. The molecule has 6 nitrogen and oxygen atoms in total. The Bertz CT molecular complexity index is 573. The maximum atomic E-state index is 11.9. The molecule has 1 aromatic rings. The molecular weight excluding hydrogens is 316 g/mol. The molecule has 1 fully saturated rings. The van der Waals surface area contributed by atoms with Crippen molar-refractivity contribution in [3.63, 3.8) is 0 Å². The molecule has 1 aliphatic heterocycles. The number of nitrogens with zero attached hydrogens (tertiary/aromatic N) is 1. The monoisotopic (exact) mass is 326 g/mol. The summed E-state index contributed by atoms with van der Waals surface area (Å²) in [6.45, 7) is 0.176. The zero-order valence-corrected chi connectivity index (χ0v) is 11.4. The minimum atomic E-state index is -1.08. The second-order valence-corrected chi connectivity index (χ2v) is 5.13. The van der Waals surface area contributed by atoms with E-state index >= 15 is 0 Å². The van der Waals surface area contributed by atoms with Crippen molar-refractivity contribution >= 4 is 39.4 Å². The molecule has 0 aromatic heterocycles. The average molecular weight is 327 g/mol. The van der Waals surface area contributed by atoms with Crippen LogP contribution in [0, 0.1) is 5.92 Å². The molecule has 0 bridgehead atoms. The van der Waals surface area contributed by atoms with Gasteiger partial charge >= 0.3 is 5.97 Å². The summed E-state index contributed by atoms with van der Waals surface area (Å²) in [5.41, 5.74) is 5.71. The van der Waals surface area contributed by atoms with Gasteiger partial charge in [-0.25, -0.2) is 4.79 Å². The first-order valence-corrected chi connectivity index (χ1v) is 6.32. The van der Waals surface area contributed by atoms with Crippen LogP contribution in [0.25, 0.3) is 0 Å². The molecule has 2 amide bonds. The van der Waals surface area contributed by atoms with Crippen LogP contribution in [0.5, 0.6) is 0 Å². The highest BCUT2D eigenvalue weighted by molar-refractivity contribution is 9.10. The van der Waals surface area contributed by atoms with Gasteiger partial charge < -0.3 is 15.7 Å². The van der Waals surface area contributed by atoms with Gasteiger partial charge in [0.2, 0.25) is 11.8 Å². The standard InChI is InChI=1S/C12H11BrN2O4/c13-8-2-1-6(12(18)19)3-9(8)15-5-7(11(14)17)4-10(15)16/h1-3,7H,4-5H2,(H2,14,17)(H,18,19). The van der Waals surface area contributed by atoms with E-state index in [0.29, 0.717) is 10.2 Å². The van der Waals surface area contributed by atoms with Gasteiger partial charge in [-0.1, -0.05) is 0 Å². The van der Waals surface area contributed by atoms with E-state index in [0.717, 1.165) is 0 Å². The zero-order valence-electron chi connectivity index (χ0n) is 9.80. The third-order valence-corrected chi connectivity index (χ3v) is 3.68. The van der Waals surface area contributed by atoms with Crippen LogP contribution in [0.4, 0.5) is 5.69 Å². The molecule has 1 aromatic carbocycles. The van der Waals surface area contributed by atoms with Gasteiger partial charge in [0.05, 0.1) is 17.2 Å². The molecule has 100 valence electrons. The summed E-state index contributed by atoms with van der Waals surface area (Å²) >= 11 is 3.27. The Morgan fingerprint density at radius 3 is 2.63 bits per heavy atom. The first kappa shape index (κ1) is 13.5. The molecule has 3 N–H and O–H groups in total. The maximum absolute atomic E-state index is 11.9. The summed E-state index contributed by atoms with van der Waals surface area (Å²) in [6, 6.07) is 4.39. The Hall–Kier alpha value is -1.89. The van der Waals surface area contributed by atoms with E-state index in [4.69, 9.17) is 10.8 Å². The molecule has 7 heteroatoms. The van der Waals surface area contributed by atoms with Crippen molar-refractivity contribution in [1.82, 2.24) is 0 Å². The van der Waals surface area contributed by atoms with E-state index in [1.54, 1.807) is 6.07 Å². The van der Waals surface area contributed by atoms with Gasteiger partial charge in [-0.15, -0.1) is 0 Å². The number of benzene rings is 1. The Morgan fingerprint density at radius 2 is 2.11 bits per heavy atom. The number of carboxylic acids is 1.